The van der Waals surface area contributed by atoms with Crippen molar-refractivity contribution in [3.05, 3.63) is 74.7 Å². The van der Waals surface area contributed by atoms with Crippen LogP contribution in [-0.2, 0) is 22.9 Å². The summed E-state index contributed by atoms with van der Waals surface area (Å²) in [6.07, 6.45) is 1.03. The van der Waals surface area contributed by atoms with Crippen LogP contribution in [0.5, 0.6) is 0 Å². The van der Waals surface area contributed by atoms with Gasteiger partial charge in [-0.25, -0.2) is 13.4 Å². The number of hydrogen-bond acceptors (Lipinski definition) is 8. The van der Waals surface area contributed by atoms with Gasteiger partial charge in [-0.05, 0) is 30.8 Å². The van der Waals surface area contributed by atoms with Gasteiger partial charge in [-0.3, -0.25) is 15.0 Å². The van der Waals surface area contributed by atoms with Crippen molar-refractivity contribution in [2.24, 2.45) is 0 Å². The Morgan fingerprint density at radius 1 is 1.21 bits per heavy atom. The highest BCUT2D eigenvalue weighted by atomic mass is 32.2. The Kier molecular flexibility index (Phi) is 6.26. The number of benzene rings is 2. The van der Waals surface area contributed by atoms with E-state index in [1.165, 1.54) is 12.1 Å². The van der Waals surface area contributed by atoms with Crippen LogP contribution >= 0.6 is 11.3 Å². The van der Waals surface area contributed by atoms with Gasteiger partial charge in [-0.1, -0.05) is 12.1 Å². The van der Waals surface area contributed by atoms with E-state index in [1.54, 1.807) is 16.8 Å². The van der Waals surface area contributed by atoms with E-state index in [1.807, 2.05) is 36.7 Å². The normalized spacial score (nSPS) is 11.6. The molecule has 0 amide bonds. The predicted octanol–water partition coefficient (Wildman–Crippen LogP) is 3.83. The molecular formula is C19H20N4O4S2. The van der Waals surface area contributed by atoms with Gasteiger partial charge in [0.05, 0.1) is 26.7 Å². The van der Waals surface area contributed by atoms with E-state index >= 15 is 0 Å². The summed E-state index contributed by atoms with van der Waals surface area (Å²) in [4.78, 5) is 16.7. The number of sulfone groups is 1. The summed E-state index contributed by atoms with van der Waals surface area (Å²) in [6.45, 7) is 1.41. The third kappa shape index (κ3) is 5.59. The molecule has 0 saturated carbocycles. The summed E-state index contributed by atoms with van der Waals surface area (Å²) in [7, 11) is -1.65. The fraction of sp³-hybridized carbons (Fsp3) is 0.211. The highest BCUT2D eigenvalue weighted by Gasteiger charge is 2.18. The molecular weight excluding hydrogens is 412 g/mol. The van der Waals surface area contributed by atoms with E-state index in [2.05, 4.69) is 15.2 Å². The largest absolute Gasteiger partial charge is 0.354 e. The quantitative estimate of drug-likeness (QED) is 0.426. The number of thiazole rings is 1. The number of non-ortho nitro benzene ring substituents is 1. The maximum Gasteiger partial charge on any atom is 0.270 e. The smallest absolute Gasteiger partial charge is 0.270 e. The molecule has 8 nitrogen and oxygen atoms in total. The molecule has 152 valence electrons. The molecule has 0 unspecified atom stereocenters. The van der Waals surface area contributed by atoms with Crippen LogP contribution in [0, 0.1) is 10.1 Å². The van der Waals surface area contributed by atoms with E-state index in [0.717, 1.165) is 30.1 Å². The summed E-state index contributed by atoms with van der Waals surface area (Å²) >= 11 is 1.56. The SMILES string of the molecule is CN(Cc1cccc(Nc2ccc([N+](=O)[O-])cc2S(C)(=O)=O)c1)Cc1cscn1. The predicted molar refractivity (Wildman–Crippen MR) is 113 cm³/mol. The van der Waals surface area contributed by atoms with E-state index in [9.17, 15) is 18.5 Å². The summed E-state index contributed by atoms with van der Waals surface area (Å²) in [5.74, 6) is 0. The fourth-order valence-corrected chi connectivity index (χ4v) is 4.30. The average Bonchev–Trinajstić information content (AvgIpc) is 3.14. The molecule has 0 aliphatic heterocycles. The third-order valence-corrected chi connectivity index (χ3v) is 5.92. The third-order valence-electron chi connectivity index (χ3n) is 4.15. The van der Waals surface area contributed by atoms with E-state index in [-0.39, 0.29) is 10.6 Å². The molecule has 0 fully saturated rings. The Morgan fingerprint density at radius 2 is 2.00 bits per heavy atom. The second-order valence-corrected chi connectivity index (χ2v) is 9.39. The summed E-state index contributed by atoms with van der Waals surface area (Å²) in [5.41, 5.74) is 4.57. The standard InChI is InChI=1S/C19H20N4O4S2/c1-22(11-16-12-28-13-20-16)10-14-4-3-5-15(8-14)21-18-7-6-17(23(24)25)9-19(18)29(2,26)27/h3-9,12-13,21H,10-11H2,1-2H3. The molecule has 10 heteroatoms. The second-order valence-electron chi connectivity index (χ2n) is 6.69. The summed E-state index contributed by atoms with van der Waals surface area (Å²) < 4.78 is 24.2. The van der Waals surface area contributed by atoms with Gasteiger partial charge in [0.25, 0.3) is 5.69 Å². The van der Waals surface area contributed by atoms with Crippen LogP contribution in [0.15, 0.2) is 58.3 Å². The number of rotatable bonds is 8. The number of nitrogens with zero attached hydrogens (tertiary/aromatic N) is 3. The highest BCUT2D eigenvalue weighted by molar-refractivity contribution is 7.90. The van der Waals surface area contributed by atoms with Gasteiger partial charge < -0.3 is 5.32 Å². The zero-order chi connectivity index (χ0) is 21.0. The number of nitro groups is 1. The van der Waals surface area contributed by atoms with Gasteiger partial charge in [-0.2, -0.15) is 0 Å². The number of nitrogens with one attached hydrogen (secondary N) is 1. The molecule has 29 heavy (non-hydrogen) atoms. The van der Waals surface area contributed by atoms with E-state index < -0.39 is 14.8 Å². The molecule has 0 atom stereocenters. The van der Waals surface area contributed by atoms with Crippen LogP contribution in [0.1, 0.15) is 11.3 Å². The molecule has 0 saturated heterocycles. The Bertz CT molecular complexity index is 1110. The number of anilines is 2. The van der Waals surface area contributed by atoms with Gasteiger partial charge in [0.15, 0.2) is 9.84 Å². The maximum absolute atomic E-state index is 12.1. The van der Waals surface area contributed by atoms with Gasteiger partial charge in [0.2, 0.25) is 0 Å². The van der Waals surface area contributed by atoms with E-state index in [0.29, 0.717) is 17.9 Å². The Balaban J connectivity index is 1.80. The first-order chi connectivity index (χ1) is 13.7. The van der Waals surface area contributed by atoms with E-state index in [4.69, 9.17) is 0 Å². The second kappa shape index (κ2) is 8.68. The van der Waals surface area contributed by atoms with Crippen LogP contribution in [-0.4, -0.2) is 36.5 Å². The van der Waals surface area contributed by atoms with Crippen molar-refractivity contribution in [1.29, 1.82) is 0 Å². The minimum atomic E-state index is -3.65. The lowest BCUT2D eigenvalue weighted by atomic mass is 10.1. The van der Waals surface area contributed by atoms with Crippen molar-refractivity contribution < 1.29 is 13.3 Å². The number of aromatic nitrogens is 1. The molecule has 0 radical (unpaired) electrons. The van der Waals surface area contributed by atoms with Crippen LogP contribution in [0.3, 0.4) is 0 Å². The molecule has 0 aliphatic carbocycles. The van der Waals surface area contributed by atoms with Gasteiger partial charge in [0.1, 0.15) is 0 Å². The molecule has 1 N–H and O–H groups in total. The summed E-state index contributed by atoms with van der Waals surface area (Å²) in [5, 5.41) is 16.1. The lowest BCUT2D eigenvalue weighted by Crippen LogP contribution is -2.17. The van der Waals surface area contributed by atoms with Gasteiger partial charge in [-0.15, -0.1) is 11.3 Å². The van der Waals surface area contributed by atoms with Crippen LogP contribution in [0.25, 0.3) is 0 Å². The number of hydrogen-bond donors (Lipinski definition) is 1. The van der Waals surface area contributed by atoms with Crippen molar-refractivity contribution in [2.45, 2.75) is 18.0 Å². The van der Waals surface area contributed by atoms with Gasteiger partial charge in [0, 0.05) is 42.5 Å². The van der Waals surface area contributed by atoms with Crippen molar-refractivity contribution in [1.82, 2.24) is 9.88 Å². The van der Waals surface area contributed by atoms with Gasteiger partial charge >= 0.3 is 0 Å². The van der Waals surface area contributed by atoms with Crippen LogP contribution < -0.4 is 5.32 Å². The Hall–Kier alpha value is -2.82. The minimum Gasteiger partial charge on any atom is -0.354 e. The molecule has 1 heterocycles. The first kappa shape index (κ1) is 20.9. The zero-order valence-electron chi connectivity index (χ0n) is 15.9. The number of nitro benzene ring substituents is 1. The van der Waals surface area contributed by atoms with Crippen molar-refractivity contribution in [3.8, 4) is 0 Å². The van der Waals surface area contributed by atoms with Crippen LogP contribution in [0.4, 0.5) is 17.1 Å². The average molecular weight is 433 g/mol. The summed E-state index contributed by atoms with van der Waals surface area (Å²) in [6, 6.07) is 11.4. The lowest BCUT2D eigenvalue weighted by molar-refractivity contribution is -0.385. The van der Waals surface area contributed by atoms with Crippen molar-refractivity contribution in [2.75, 3.05) is 18.6 Å². The molecule has 1 aromatic heterocycles. The minimum absolute atomic E-state index is 0.113. The molecule has 0 aliphatic rings. The zero-order valence-corrected chi connectivity index (χ0v) is 17.5. The topological polar surface area (TPSA) is 105 Å². The molecule has 0 bridgehead atoms. The first-order valence-electron chi connectivity index (χ1n) is 8.62. The molecule has 3 aromatic rings. The lowest BCUT2D eigenvalue weighted by Gasteiger charge is -2.17. The van der Waals surface area contributed by atoms with Crippen LogP contribution in [0.2, 0.25) is 0 Å². The monoisotopic (exact) mass is 432 g/mol. The molecule has 0 spiro atoms. The molecule has 3 rings (SSSR count). The van der Waals surface area contributed by atoms with Crippen molar-refractivity contribution >= 4 is 38.2 Å². The first-order valence-corrected chi connectivity index (χ1v) is 11.5. The fourth-order valence-electron chi connectivity index (χ4n) is 2.90. The Morgan fingerprint density at radius 3 is 2.66 bits per heavy atom. The highest BCUT2D eigenvalue weighted by Crippen LogP contribution is 2.29. The Labute approximate surface area is 172 Å². The molecule has 2 aromatic carbocycles. The maximum atomic E-state index is 12.1. The van der Waals surface area contributed by atoms with Crippen molar-refractivity contribution in [3.63, 3.8) is 0 Å².